The van der Waals surface area contributed by atoms with E-state index in [0.29, 0.717) is 10.6 Å². The van der Waals surface area contributed by atoms with Gasteiger partial charge in [-0.25, -0.2) is 13.2 Å². The number of carboxylic acid groups (broad SMARTS) is 1. The molecule has 1 saturated carbocycles. The van der Waals surface area contributed by atoms with Crippen LogP contribution in [-0.4, -0.2) is 37.0 Å². The lowest BCUT2D eigenvalue weighted by Crippen LogP contribution is -2.30. The summed E-state index contributed by atoms with van der Waals surface area (Å²) in [5.41, 5.74) is -0.242. The molecule has 2 N–H and O–H groups in total. The zero-order valence-electron chi connectivity index (χ0n) is 16.2. The summed E-state index contributed by atoms with van der Waals surface area (Å²) < 4.78 is 31.6. The minimum Gasteiger partial charge on any atom is -0.507 e. The highest BCUT2D eigenvalue weighted by Gasteiger charge is 2.30. The van der Waals surface area contributed by atoms with Crippen LogP contribution in [0.3, 0.4) is 0 Å². The van der Waals surface area contributed by atoms with Crippen LogP contribution in [0.25, 0.3) is 0 Å². The molecule has 0 aromatic heterocycles. The number of phenols is 1. The van der Waals surface area contributed by atoms with Gasteiger partial charge in [-0.2, -0.15) is 0 Å². The molecule has 1 fully saturated rings. The van der Waals surface area contributed by atoms with E-state index in [2.05, 4.69) is 0 Å². The van der Waals surface area contributed by atoms with Crippen molar-refractivity contribution in [1.82, 2.24) is 0 Å². The average molecular weight is 419 g/mol. The highest BCUT2D eigenvalue weighted by atomic mass is 32.2. The summed E-state index contributed by atoms with van der Waals surface area (Å²) in [6.07, 6.45) is 5.25. The second-order valence-electron chi connectivity index (χ2n) is 7.55. The SMILES string of the molecule is O=C(O)c1cc(OCC(CS(=O)(=O)c2ccccc2)C2CCCCC2)ccc1O. The van der Waals surface area contributed by atoms with Crippen molar-refractivity contribution in [3.8, 4) is 11.5 Å². The van der Waals surface area contributed by atoms with Gasteiger partial charge in [0.2, 0.25) is 0 Å². The Kier molecular flexibility index (Phi) is 6.79. The number of carbonyl (C=O) groups is 1. The molecule has 1 unspecified atom stereocenters. The van der Waals surface area contributed by atoms with Crippen molar-refractivity contribution >= 4 is 15.8 Å². The third-order valence-corrected chi connectivity index (χ3v) is 7.37. The summed E-state index contributed by atoms with van der Waals surface area (Å²) in [4.78, 5) is 11.5. The predicted octanol–water partition coefficient (Wildman–Crippen LogP) is 4.14. The van der Waals surface area contributed by atoms with Crippen molar-refractivity contribution in [3.63, 3.8) is 0 Å². The van der Waals surface area contributed by atoms with Crippen LogP contribution in [0.15, 0.2) is 53.4 Å². The van der Waals surface area contributed by atoms with Gasteiger partial charge >= 0.3 is 5.97 Å². The molecule has 2 aromatic rings. The number of ether oxygens (including phenoxy) is 1. The molecule has 0 saturated heterocycles. The molecular weight excluding hydrogens is 392 g/mol. The lowest BCUT2D eigenvalue weighted by Gasteiger charge is -2.30. The zero-order chi connectivity index (χ0) is 20.9. The van der Waals surface area contributed by atoms with Crippen LogP contribution in [0.2, 0.25) is 0 Å². The molecule has 0 aliphatic heterocycles. The molecular formula is C22H26O6S. The summed E-state index contributed by atoms with van der Waals surface area (Å²) in [6.45, 7) is 0.181. The Hall–Kier alpha value is -2.54. The summed E-state index contributed by atoms with van der Waals surface area (Å²) in [5, 5.41) is 18.8. The Morgan fingerprint density at radius 3 is 2.41 bits per heavy atom. The van der Waals surface area contributed by atoms with Crippen LogP contribution in [0.4, 0.5) is 0 Å². The third kappa shape index (κ3) is 5.50. The van der Waals surface area contributed by atoms with Crippen LogP contribution in [0.5, 0.6) is 11.5 Å². The quantitative estimate of drug-likeness (QED) is 0.668. The van der Waals surface area contributed by atoms with Crippen LogP contribution in [0, 0.1) is 11.8 Å². The van der Waals surface area contributed by atoms with E-state index in [-0.39, 0.29) is 35.5 Å². The molecule has 0 amide bonds. The maximum Gasteiger partial charge on any atom is 0.339 e. The van der Waals surface area contributed by atoms with E-state index in [0.717, 1.165) is 32.1 Å². The van der Waals surface area contributed by atoms with E-state index >= 15 is 0 Å². The molecule has 156 valence electrons. The normalized spacial score (nSPS) is 16.3. The van der Waals surface area contributed by atoms with Gasteiger partial charge in [-0.1, -0.05) is 50.3 Å². The van der Waals surface area contributed by atoms with E-state index in [9.17, 15) is 18.3 Å². The van der Waals surface area contributed by atoms with Gasteiger partial charge in [-0.3, -0.25) is 0 Å². The Morgan fingerprint density at radius 2 is 1.76 bits per heavy atom. The van der Waals surface area contributed by atoms with Crippen molar-refractivity contribution in [2.75, 3.05) is 12.4 Å². The average Bonchev–Trinajstić information content (AvgIpc) is 2.73. The van der Waals surface area contributed by atoms with Gasteiger partial charge in [0, 0.05) is 5.92 Å². The number of hydrogen-bond acceptors (Lipinski definition) is 5. The summed E-state index contributed by atoms with van der Waals surface area (Å²) in [7, 11) is -3.46. The van der Waals surface area contributed by atoms with Gasteiger partial charge in [-0.05, 0) is 36.2 Å². The molecule has 0 radical (unpaired) electrons. The second kappa shape index (κ2) is 9.31. The van der Waals surface area contributed by atoms with Crippen molar-refractivity contribution in [2.45, 2.75) is 37.0 Å². The largest absolute Gasteiger partial charge is 0.507 e. The van der Waals surface area contributed by atoms with Crippen molar-refractivity contribution < 1.29 is 28.2 Å². The number of hydrogen-bond donors (Lipinski definition) is 2. The number of carboxylic acids is 1. The monoisotopic (exact) mass is 418 g/mol. The fourth-order valence-electron chi connectivity index (χ4n) is 3.91. The van der Waals surface area contributed by atoms with E-state index in [1.807, 2.05) is 0 Å². The molecule has 0 spiro atoms. The van der Waals surface area contributed by atoms with Gasteiger partial charge in [0.25, 0.3) is 0 Å². The van der Waals surface area contributed by atoms with Crippen LogP contribution >= 0.6 is 0 Å². The number of aromatic hydroxyl groups is 1. The van der Waals surface area contributed by atoms with E-state index in [1.165, 1.54) is 18.2 Å². The van der Waals surface area contributed by atoms with E-state index in [1.54, 1.807) is 30.3 Å². The van der Waals surface area contributed by atoms with Gasteiger partial charge in [0.15, 0.2) is 9.84 Å². The molecule has 0 heterocycles. The van der Waals surface area contributed by atoms with Crippen molar-refractivity contribution in [3.05, 3.63) is 54.1 Å². The lowest BCUT2D eigenvalue weighted by atomic mass is 9.81. The maximum atomic E-state index is 12.9. The Labute approximate surface area is 171 Å². The van der Waals surface area contributed by atoms with E-state index < -0.39 is 15.8 Å². The fourth-order valence-corrected chi connectivity index (χ4v) is 5.61. The highest BCUT2D eigenvalue weighted by molar-refractivity contribution is 7.91. The first-order chi connectivity index (χ1) is 13.9. The first kappa shape index (κ1) is 21.2. The van der Waals surface area contributed by atoms with Gasteiger partial charge in [-0.15, -0.1) is 0 Å². The molecule has 2 aromatic carbocycles. The maximum absolute atomic E-state index is 12.9. The third-order valence-electron chi connectivity index (χ3n) is 5.51. The molecule has 1 atom stereocenters. The Balaban J connectivity index is 1.77. The van der Waals surface area contributed by atoms with Crippen molar-refractivity contribution in [1.29, 1.82) is 0 Å². The molecule has 1 aliphatic rings. The topological polar surface area (TPSA) is 101 Å². The van der Waals surface area contributed by atoms with Crippen LogP contribution in [0.1, 0.15) is 42.5 Å². The summed E-state index contributed by atoms with van der Waals surface area (Å²) in [5.74, 6) is -1.23. The van der Waals surface area contributed by atoms with Crippen LogP contribution in [-0.2, 0) is 9.84 Å². The van der Waals surface area contributed by atoms with E-state index in [4.69, 9.17) is 9.84 Å². The molecule has 0 bridgehead atoms. The van der Waals surface area contributed by atoms with Gasteiger partial charge in [0.05, 0.1) is 17.3 Å². The number of sulfone groups is 1. The van der Waals surface area contributed by atoms with Crippen molar-refractivity contribution in [2.24, 2.45) is 11.8 Å². The first-order valence-electron chi connectivity index (χ1n) is 9.84. The van der Waals surface area contributed by atoms with Gasteiger partial charge in [0.1, 0.15) is 17.1 Å². The molecule has 7 heteroatoms. The molecule has 29 heavy (non-hydrogen) atoms. The minimum absolute atomic E-state index is 0.00838. The number of benzene rings is 2. The first-order valence-corrected chi connectivity index (χ1v) is 11.5. The summed E-state index contributed by atoms with van der Waals surface area (Å²) in [6, 6.07) is 12.4. The summed E-state index contributed by atoms with van der Waals surface area (Å²) >= 11 is 0. The van der Waals surface area contributed by atoms with Crippen LogP contribution < -0.4 is 4.74 Å². The fraction of sp³-hybridized carbons (Fsp3) is 0.409. The standard InChI is InChI=1S/C22H26O6S/c23-21-12-11-18(13-20(21)22(24)25)28-14-17(16-7-3-1-4-8-16)15-29(26,27)19-9-5-2-6-10-19/h2,5-6,9-13,16-17,23H,1,3-4,7-8,14-15H2,(H,24,25). The smallest absolute Gasteiger partial charge is 0.339 e. The lowest BCUT2D eigenvalue weighted by molar-refractivity contribution is 0.0693. The highest BCUT2D eigenvalue weighted by Crippen LogP contribution is 2.33. The molecule has 1 aliphatic carbocycles. The molecule has 3 rings (SSSR count). The Bertz CT molecular complexity index is 933. The zero-order valence-corrected chi connectivity index (χ0v) is 17.0. The number of rotatable bonds is 8. The number of aromatic carboxylic acids is 1. The minimum atomic E-state index is -3.46. The second-order valence-corrected chi connectivity index (χ2v) is 9.58. The molecule has 6 nitrogen and oxygen atoms in total. The van der Waals surface area contributed by atoms with Gasteiger partial charge < -0.3 is 14.9 Å². The predicted molar refractivity (Wildman–Crippen MR) is 109 cm³/mol. The Morgan fingerprint density at radius 1 is 1.07 bits per heavy atom.